The minimum absolute atomic E-state index is 0.00873. The first kappa shape index (κ1) is 16.5. The summed E-state index contributed by atoms with van der Waals surface area (Å²) in [6, 6.07) is 12.9. The molecule has 0 bridgehead atoms. The summed E-state index contributed by atoms with van der Waals surface area (Å²) in [5.41, 5.74) is 1.50. The van der Waals surface area contributed by atoms with Crippen molar-refractivity contribution in [2.45, 2.75) is 26.1 Å². The molecule has 5 nitrogen and oxygen atoms in total. The Morgan fingerprint density at radius 3 is 2.75 bits per heavy atom. The minimum Gasteiger partial charge on any atom is -0.487 e. The van der Waals surface area contributed by atoms with Crippen molar-refractivity contribution in [1.29, 1.82) is 0 Å². The minimum atomic E-state index is -0.370. The van der Waals surface area contributed by atoms with E-state index in [4.69, 9.17) is 4.74 Å². The van der Waals surface area contributed by atoms with Gasteiger partial charge in [0.2, 0.25) is 0 Å². The molecule has 1 amide bonds. The number of amides is 1. The molecule has 5 heteroatoms. The smallest absolute Gasteiger partial charge is 0.253 e. The number of aromatic nitrogens is 1. The van der Waals surface area contributed by atoms with Crippen molar-refractivity contribution < 1.29 is 14.6 Å². The lowest BCUT2D eigenvalue weighted by atomic mass is 10.0. The summed E-state index contributed by atoms with van der Waals surface area (Å²) in [5, 5.41) is 9.65. The van der Waals surface area contributed by atoms with E-state index in [0.717, 1.165) is 12.1 Å². The number of aliphatic hydroxyl groups is 1. The van der Waals surface area contributed by atoms with Gasteiger partial charge in [-0.3, -0.25) is 9.78 Å². The molecule has 1 fully saturated rings. The quantitative estimate of drug-likeness (QED) is 0.917. The van der Waals surface area contributed by atoms with Crippen molar-refractivity contribution in [3.63, 3.8) is 0 Å². The average Bonchev–Trinajstić information content (AvgIpc) is 3.11. The van der Waals surface area contributed by atoms with E-state index in [0.29, 0.717) is 31.0 Å². The van der Waals surface area contributed by atoms with Gasteiger partial charge in [0.25, 0.3) is 5.91 Å². The first-order valence-electron chi connectivity index (χ1n) is 8.23. The third-order valence-electron chi connectivity index (χ3n) is 4.41. The second-order valence-electron chi connectivity index (χ2n) is 6.17. The summed E-state index contributed by atoms with van der Waals surface area (Å²) >= 11 is 0. The highest BCUT2D eigenvalue weighted by Gasteiger charge is 2.29. The van der Waals surface area contributed by atoms with E-state index in [1.165, 1.54) is 0 Å². The van der Waals surface area contributed by atoms with Crippen LogP contribution in [0.15, 0.2) is 48.7 Å². The van der Waals surface area contributed by atoms with Gasteiger partial charge in [-0.1, -0.05) is 6.07 Å². The highest BCUT2D eigenvalue weighted by Crippen LogP contribution is 2.22. The molecule has 1 N–H and O–H groups in total. The Labute approximate surface area is 141 Å². The fourth-order valence-electron chi connectivity index (χ4n) is 2.88. The second kappa shape index (κ2) is 7.45. The summed E-state index contributed by atoms with van der Waals surface area (Å²) in [7, 11) is 0. The summed E-state index contributed by atoms with van der Waals surface area (Å²) in [6.07, 6.45) is 2.22. The summed E-state index contributed by atoms with van der Waals surface area (Å²) in [5.74, 6) is 0.893. The molecule has 1 saturated heterocycles. The van der Waals surface area contributed by atoms with E-state index < -0.39 is 0 Å². The molecule has 126 valence electrons. The van der Waals surface area contributed by atoms with Gasteiger partial charge in [-0.25, -0.2) is 0 Å². The van der Waals surface area contributed by atoms with Gasteiger partial charge >= 0.3 is 0 Å². The second-order valence-corrected chi connectivity index (χ2v) is 6.17. The molecule has 1 aliphatic heterocycles. The van der Waals surface area contributed by atoms with Crippen LogP contribution >= 0.6 is 0 Å². The van der Waals surface area contributed by atoms with Crippen LogP contribution in [0, 0.1) is 5.92 Å². The van der Waals surface area contributed by atoms with Crippen LogP contribution in [0.2, 0.25) is 0 Å². The lowest BCUT2D eigenvalue weighted by molar-refractivity contribution is 0.0762. The third kappa shape index (κ3) is 3.92. The van der Waals surface area contributed by atoms with Crippen LogP contribution in [-0.2, 0) is 6.61 Å². The molecule has 2 unspecified atom stereocenters. The normalized spacial score (nSPS) is 18.4. The maximum absolute atomic E-state index is 12.5. The maximum atomic E-state index is 12.5. The molecule has 0 spiro atoms. The van der Waals surface area contributed by atoms with Gasteiger partial charge in [-0.05, 0) is 49.7 Å². The molecule has 2 atom stereocenters. The number of carbonyl (C=O) groups is 1. The predicted octanol–water partition coefficient (Wildman–Crippen LogP) is 2.50. The number of carbonyl (C=O) groups excluding carboxylic acids is 1. The van der Waals surface area contributed by atoms with E-state index in [1.807, 2.05) is 18.2 Å². The number of nitrogens with zero attached hydrogens (tertiary/aromatic N) is 2. The van der Waals surface area contributed by atoms with Crippen molar-refractivity contribution in [2.75, 3.05) is 13.1 Å². The fourth-order valence-corrected chi connectivity index (χ4v) is 2.88. The summed E-state index contributed by atoms with van der Waals surface area (Å²) in [4.78, 5) is 18.5. The Balaban J connectivity index is 1.57. The molecule has 24 heavy (non-hydrogen) atoms. The van der Waals surface area contributed by atoms with Crippen LogP contribution < -0.4 is 4.74 Å². The van der Waals surface area contributed by atoms with E-state index in [9.17, 15) is 9.90 Å². The van der Waals surface area contributed by atoms with Gasteiger partial charge in [-0.15, -0.1) is 0 Å². The zero-order valence-corrected chi connectivity index (χ0v) is 13.8. The van der Waals surface area contributed by atoms with Crippen molar-refractivity contribution in [1.82, 2.24) is 9.88 Å². The van der Waals surface area contributed by atoms with Gasteiger partial charge in [0, 0.05) is 30.8 Å². The maximum Gasteiger partial charge on any atom is 0.253 e. The fraction of sp³-hybridized carbons (Fsp3) is 0.368. The van der Waals surface area contributed by atoms with E-state index in [2.05, 4.69) is 4.98 Å². The van der Waals surface area contributed by atoms with Gasteiger partial charge in [0.1, 0.15) is 12.4 Å². The third-order valence-corrected chi connectivity index (χ3v) is 4.41. The Morgan fingerprint density at radius 2 is 2.12 bits per heavy atom. The standard InChI is InChI=1S/C19H22N2O3/c1-14(22)16-9-11-21(12-16)19(23)15-5-7-18(8-6-15)24-13-17-4-2-3-10-20-17/h2-8,10,14,16,22H,9,11-13H2,1H3. The van der Waals surface area contributed by atoms with E-state index in [1.54, 1.807) is 42.3 Å². The SMILES string of the molecule is CC(O)C1CCN(C(=O)c2ccc(OCc3ccccn3)cc2)C1. The zero-order chi connectivity index (χ0) is 16.9. The molecule has 1 aliphatic rings. The number of aliphatic hydroxyl groups excluding tert-OH is 1. The van der Waals surface area contributed by atoms with Crippen LogP contribution in [0.5, 0.6) is 5.75 Å². The lowest BCUT2D eigenvalue weighted by Crippen LogP contribution is -2.30. The number of likely N-dealkylation sites (tertiary alicyclic amines) is 1. The van der Waals surface area contributed by atoms with Gasteiger partial charge in [0.05, 0.1) is 11.8 Å². The van der Waals surface area contributed by atoms with Crippen molar-refractivity contribution >= 4 is 5.91 Å². The van der Waals surface area contributed by atoms with Crippen LogP contribution in [0.3, 0.4) is 0 Å². The molecule has 2 heterocycles. The number of pyridine rings is 1. The van der Waals surface area contributed by atoms with Crippen LogP contribution in [0.1, 0.15) is 29.4 Å². The molecule has 0 saturated carbocycles. The highest BCUT2D eigenvalue weighted by atomic mass is 16.5. The molecule has 0 radical (unpaired) electrons. The van der Waals surface area contributed by atoms with Gasteiger partial charge < -0.3 is 14.7 Å². The van der Waals surface area contributed by atoms with E-state index in [-0.39, 0.29) is 17.9 Å². The number of benzene rings is 1. The predicted molar refractivity (Wildman–Crippen MR) is 90.7 cm³/mol. The highest BCUT2D eigenvalue weighted by molar-refractivity contribution is 5.94. The van der Waals surface area contributed by atoms with Crippen LogP contribution in [0.4, 0.5) is 0 Å². The molecule has 3 rings (SSSR count). The van der Waals surface area contributed by atoms with Gasteiger partial charge in [0.15, 0.2) is 0 Å². The summed E-state index contributed by atoms with van der Waals surface area (Å²) in [6.45, 7) is 3.50. The largest absolute Gasteiger partial charge is 0.487 e. The molecule has 2 aromatic rings. The Kier molecular flexibility index (Phi) is 5.11. The lowest BCUT2D eigenvalue weighted by Gasteiger charge is -2.18. The van der Waals surface area contributed by atoms with Crippen LogP contribution in [-0.4, -0.2) is 40.1 Å². The number of rotatable bonds is 5. The van der Waals surface area contributed by atoms with Crippen molar-refractivity contribution in [3.05, 3.63) is 59.9 Å². The van der Waals surface area contributed by atoms with Crippen LogP contribution in [0.25, 0.3) is 0 Å². The Morgan fingerprint density at radius 1 is 1.33 bits per heavy atom. The number of ether oxygens (including phenoxy) is 1. The first-order chi connectivity index (χ1) is 11.6. The molecule has 1 aromatic carbocycles. The number of hydrogen-bond acceptors (Lipinski definition) is 4. The molecule has 0 aliphatic carbocycles. The van der Waals surface area contributed by atoms with Gasteiger partial charge in [-0.2, -0.15) is 0 Å². The van der Waals surface area contributed by atoms with E-state index >= 15 is 0 Å². The Bertz CT molecular complexity index is 671. The van der Waals surface area contributed by atoms with Crippen molar-refractivity contribution in [3.8, 4) is 5.75 Å². The number of hydrogen-bond donors (Lipinski definition) is 1. The topological polar surface area (TPSA) is 62.7 Å². The first-order valence-corrected chi connectivity index (χ1v) is 8.23. The zero-order valence-electron chi connectivity index (χ0n) is 13.8. The average molecular weight is 326 g/mol. The molecular weight excluding hydrogens is 304 g/mol. The molecule has 1 aromatic heterocycles. The Hall–Kier alpha value is -2.40. The monoisotopic (exact) mass is 326 g/mol. The summed E-state index contributed by atoms with van der Waals surface area (Å²) < 4.78 is 5.68. The molecular formula is C19H22N2O3. The van der Waals surface area contributed by atoms with Crippen molar-refractivity contribution in [2.24, 2.45) is 5.92 Å².